The number of hydrogen-bond acceptors (Lipinski definition) is 4. The van der Waals surface area contributed by atoms with Crippen molar-refractivity contribution in [1.29, 1.82) is 0 Å². The molecule has 0 aliphatic carbocycles. The number of rotatable bonds is 8. The van der Waals surface area contributed by atoms with Gasteiger partial charge in [-0.3, -0.25) is 9.59 Å². The van der Waals surface area contributed by atoms with Gasteiger partial charge < -0.3 is 15.0 Å². The highest BCUT2D eigenvalue weighted by Gasteiger charge is 2.10. The zero-order valence-corrected chi connectivity index (χ0v) is 14.6. The van der Waals surface area contributed by atoms with Crippen LogP contribution < -0.4 is 5.32 Å². The van der Waals surface area contributed by atoms with Crippen molar-refractivity contribution in [3.05, 3.63) is 58.4 Å². The summed E-state index contributed by atoms with van der Waals surface area (Å²) in [4.78, 5) is 27.9. The molecule has 0 atom stereocenters. The van der Waals surface area contributed by atoms with Gasteiger partial charge in [0, 0.05) is 34.9 Å². The Bertz CT molecular complexity index is 839. The molecule has 6 heteroatoms. The summed E-state index contributed by atoms with van der Waals surface area (Å²) < 4.78 is 5.04. The standard InChI is InChI=1S/C19H20N2O3S/c22-18(20-10-9-15-4-3-11-25-15)13-24-19(23)8-7-14-12-21-17-6-2-1-5-16(14)17/h1-6,11-12,21H,7-10,13H2,(H,20,22). The maximum Gasteiger partial charge on any atom is 0.306 e. The molecule has 130 valence electrons. The number of ether oxygens (including phenoxy) is 1. The highest BCUT2D eigenvalue weighted by Crippen LogP contribution is 2.19. The number of aromatic amines is 1. The number of carbonyl (C=O) groups is 2. The molecule has 5 nitrogen and oxygen atoms in total. The minimum absolute atomic E-state index is 0.225. The summed E-state index contributed by atoms with van der Waals surface area (Å²) in [5, 5.41) is 5.87. The molecule has 2 aromatic heterocycles. The second-order valence-corrected chi connectivity index (χ2v) is 6.73. The molecule has 0 aliphatic rings. The number of hydrogen-bond donors (Lipinski definition) is 2. The summed E-state index contributed by atoms with van der Waals surface area (Å²) in [6.45, 7) is 0.323. The Morgan fingerprint density at radius 1 is 1.12 bits per heavy atom. The summed E-state index contributed by atoms with van der Waals surface area (Å²) in [5.41, 5.74) is 2.13. The fourth-order valence-corrected chi connectivity index (χ4v) is 3.33. The van der Waals surface area contributed by atoms with Crippen molar-refractivity contribution in [1.82, 2.24) is 10.3 Å². The molecule has 2 heterocycles. The number of thiophene rings is 1. The number of para-hydroxylation sites is 1. The third kappa shape index (κ3) is 4.93. The van der Waals surface area contributed by atoms with Crippen LogP contribution in [0.2, 0.25) is 0 Å². The van der Waals surface area contributed by atoms with Gasteiger partial charge in [0.05, 0.1) is 0 Å². The van der Waals surface area contributed by atoms with E-state index in [1.165, 1.54) is 4.88 Å². The average Bonchev–Trinajstić information content (AvgIpc) is 3.28. The Balaban J connectivity index is 1.35. The molecule has 0 saturated heterocycles. The van der Waals surface area contributed by atoms with Crippen molar-refractivity contribution in [3.8, 4) is 0 Å². The van der Waals surface area contributed by atoms with E-state index in [0.29, 0.717) is 13.0 Å². The lowest BCUT2D eigenvalue weighted by Crippen LogP contribution is -2.30. The first-order chi connectivity index (χ1) is 12.2. The second kappa shape index (κ2) is 8.48. The average molecular weight is 356 g/mol. The molecule has 0 bridgehead atoms. The van der Waals surface area contributed by atoms with E-state index in [2.05, 4.69) is 10.3 Å². The van der Waals surface area contributed by atoms with E-state index in [9.17, 15) is 9.59 Å². The van der Waals surface area contributed by atoms with Crippen molar-refractivity contribution < 1.29 is 14.3 Å². The first-order valence-corrected chi connectivity index (χ1v) is 9.10. The Kier molecular flexibility index (Phi) is 5.85. The number of benzene rings is 1. The molecule has 0 unspecified atom stereocenters. The van der Waals surface area contributed by atoms with Gasteiger partial charge in [0.15, 0.2) is 6.61 Å². The van der Waals surface area contributed by atoms with Gasteiger partial charge in [-0.1, -0.05) is 24.3 Å². The molecule has 3 rings (SSSR count). The van der Waals surface area contributed by atoms with Crippen LogP contribution in [0.15, 0.2) is 48.0 Å². The maximum absolute atomic E-state index is 11.8. The van der Waals surface area contributed by atoms with Crippen LogP contribution >= 0.6 is 11.3 Å². The first-order valence-electron chi connectivity index (χ1n) is 8.22. The smallest absolute Gasteiger partial charge is 0.306 e. The SMILES string of the molecule is O=C(COC(=O)CCc1c[nH]c2ccccc12)NCCc1cccs1. The summed E-state index contributed by atoms with van der Waals surface area (Å²) in [7, 11) is 0. The molecule has 0 spiro atoms. The van der Waals surface area contributed by atoms with E-state index in [4.69, 9.17) is 4.74 Å². The molecule has 0 saturated carbocycles. The maximum atomic E-state index is 11.8. The number of esters is 1. The van der Waals surface area contributed by atoms with Crippen LogP contribution in [0.4, 0.5) is 0 Å². The summed E-state index contributed by atoms with van der Waals surface area (Å²) in [6.07, 6.45) is 3.54. The van der Waals surface area contributed by atoms with Crippen molar-refractivity contribution in [2.24, 2.45) is 0 Å². The Labute approximate surface area is 150 Å². The summed E-state index contributed by atoms with van der Waals surface area (Å²) in [5.74, 6) is -0.629. The highest BCUT2D eigenvalue weighted by atomic mass is 32.1. The van der Waals surface area contributed by atoms with Crippen molar-refractivity contribution >= 4 is 34.1 Å². The molecule has 0 aliphatic heterocycles. The number of aryl methyl sites for hydroxylation is 1. The molecular formula is C19H20N2O3S. The van der Waals surface area contributed by atoms with Crippen LogP contribution in [0.3, 0.4) is 0 Å². The molecular weight excluding hydrogens is 336 g/mol. The van der Waals surface area contributed by atoms with Gasteiger partial charge in [-0.05, 0) is 35.9 Å². The van der Waals surface area contributed by atoms with Crippen molar-refractivity contribution in [2.75, 3.05) is 13.2 Å². The van der Waals surface area contributed by atoms with Crippen LogP contribution in [0.5, 0.6) is 0 Å². The lowest BCUT2D eigenvalue weighted by molar-refractivity contribution is -0.148. The van der Waals surface area contributed by atoms with Crippen molar-refractivity contribution in [2.45, 2.75) is 19.3 Å². The van der Waals surface area contributed by atoms with Crippen LogP contribution in [-0.2, 0) is 27.2 Å². The first kappa shape index (κ1) is 17.2. The molecule has 2 N–H and O–H groups in total. The summed E-state index contributed by atoms with van der Waals surface area (Å²) in [6, 6.07) is 12.0. The number of fused-ring (bicyclic) bond motifs is 1. The predicted octanol–water partition coefficient (Wildman–Crippen LogP) is 3.06. The summed E-state index contributed by atoms with van der Waals surface area (Å²) >= 11 is 1.66. The minimum Gasteiger partial charge on any atom is -0.456 e. The lowest BCUT2D eigenvalue weighted by Gasteiger charge is -2.06. The predicted molar refractivity (Wildman–Crippen MR) is 98.6 cm³/mol. The van der Waals surface area contributed by atoms with E-state index in [-0.39, 0.29) is 24.9 Å². The quantitative estimate of drug-likeness (QED) is 0.609. The van der Waals surface area contributed by atoms with Gasteiger partial charge >= 0.3 is 5.97 Å². The molecule has 3 aromatic rings. The van der Waals surface area contributed by atoms with Gasteiger partial charge in [-0.25, -0.2) is 0 Å². The minimum atomic E-state index is -0.362. The van der Waals surface area contributed by atoms with Gasteiger partial charge in [0.25, 0.3) is 5.91 Å². The van der Waals surface area contributed by atoms with Crippen LogP contribution in [-0.4, -0.2) is 30.0 Å². The zero-order valence-electron chi connectivity index (χ0n) is 13.8. The van der Waals surface area contributed by atoms with Crippen LogP contribution in [0, 0.1) is 0 Å². The topological polar surface area (TPSA) is 71.2 Å². The number of H-pyrrole nitrogens is 1. The van der Waals surface area contributed by atoms with Gasteiger partial charge in [0.2, 0.25) is 0 Å². The third-order valence-electron chi connectivity index (χ3n) is 3.91. The molecule has 1 amide bonds. The largest absolute Gasteiger partial charge is 0.456 e. The van der Waals surface area contributed by atoms with Crippen molar-refractivity contribution in [3.63, 3.8) is 0 Å². The molecule has 0 radical (unpaired) electrons. The van der Waals surface area contributed by atoms with E-state index >= 15 is 0 Å². The molecule has 0 fully saturated rings. The number of amides is 1. The van der Waals surface area contributed by atoms with Gasteiger partial charge in [-0.15, -0.1) is 11.3 Å². The number of aromatic nitrogens is 1. The second-order valence-electron chi connectivity index (χ2n) is 5.70. The van der Waals surface area contributed by atoms with E-state index in [0.717, 1.165) is 22.9 Å². The lowest BCUT2D eigenvalue weighted by atomic mass is 10.1. The van der Waals surface area contributed by atoms with E-state index in [1.54, 1.807) is 11.3 Å². The Morgan fingerprint density at radius 3 is 2.84 bits per heavy atom. The van der Waals surface area contributed by atoms with E-state index < -0.39 is 0 Å². The number of carbonyl (C=O) groups excluding carboxylic acids is 2. The normalized spacial score (nSPS) is 10.7. The van der Waals surface area contributed by atoms with Crippen LogP contribution in [0.25, 0.3) is 10.9 Å². The Hall–Kier alpha value is -2.60. The third-order valence-corrected chi connectivity index (χ3v) is 4.85. The fraction of sp³-hybridized carbons (Fsp3) is 0.263. The highest BCUT2D eigenvalue weighted by molar-refractivity contribution is 7.09. The van der Waals surface area contributed by atoms with Crippen LogP contribution in [0.1, 0.15) is 16.9 Å². The number of nitrogens with one attached hydrogen (secondary N) is 2. The van der Waals surface area contributed by atoms with Gasteiger partial charge in [0.1, 0.15) is 0 Å². The molecule has 25 heavy (non-hydrogen) atoms. The monoisotopic (exact) mass is 356 g/mol. The van der Waals surface area contributed by atoms with Gasteiger partial charge in [-0.2, -0.15) is 0 Å². The van der Waals surface area contributed by atoms with E-state index in [1.807, 2.05) is 48.0 Å². The molecule has 1 aromatic carbocycles. The Morgan fingerprint density at radius 2 is 2.00 bits per heavy atom. The fourth-order valence-electron chi connectivity index (χ4n) is 2.62. The zero-order chi connectivity index (χ0) is 17.5.